The summed E-state index contributed by atoms with van der Waals surface area (Å²) < 4.78 is 5.22. The van der Waals surface area contributed by atoms with Crippen LogP contribution < -0.4 is 5.32 Å². The molecule has 0 saturated carbocycles. The summed E-state index contributed by atoms with van der Waals surface area (Å²) in [5.74, 6) is -0.148. The molecular weight excluding hydrogens is 439 g/mol. The summed E-state index contributed by atoms with van der Waals surface area (Å²) in [5.41, 5.74) is 4.71. The van der Waals surface area contributed by atoms with Gasteiger partial charge in [0.05, 0.1) is 18.1 Å². The lowest BCUT2D eigenvalue weighted by atomic mass is 9.53. The fourth-order valence-electron chi connectivity index (χ4n) is 6.49. The molecule has 4 aliphatic rings. The van der Waals surface area contributed by atoms with Crippen molar-refractivity contribution in [1.29, 1.82) is 0 Å². The van der Waals surface area contributed by atoms with E-state index in [-0.39, 0.29) is 40.8 Å². The highest BCUT2D eigenvalue weighted by atomic mass is 127. The molecule has 2 fully saturated rings. The number of rotatable bonds is 2. The monoisotopic (exact) mass is 466 g/mol. The third-order valence-electron chi connectivity index (χ3n) is 7.41. The summed E-state index contributed by atoms with van der Waals surface area (Å²) >= 11 is 0. The molecule has 5 rings (SSSR count). The van der Waals surface area contributed by atoms with Gasteiger partial charge in [0, 0.05) is 17.4 Å². The topological polar surface area (TPSA) is 41.6 Å². The van der Waals surface area contributed by atoms with Crippen LogP contribution in [0.5, 0.6) is 0 Å². The summed E-state index contributed by atoms with van der Waals surface area (Å²) in [6.07, 6.45) is 5.50. The van der Waals surface area contributed by atoms with E-state index in [0.29, 0.717) is 6.04 Å². The summed E-state index contributed by atoms with van der Waals surface area (Å²) in [6, 6.07) is 9.15. The van der Waals surface area contributed by atoms with Gasteiger partial charge in [-0.3, -0.25) is 4.90 Å². The Labute approximate surface area is 172 Å². The number of halogens is 1. The average molecular weight is 466 g/mol. The maximum Gasteiger partial charge on any atom is 0.335 e. The third-order valence-corrected chi connectivity index (χ3v) is 7.41. The normalized spacial score (nSPS) is 34.3. The molecule has 2 saturated heterocycles. The number of nitrogens with zero attached hydrogens (tertiary/aromatic N) is 1. The first-order chi connectivity index (χ1) is 12.2. The second kappa shape index (κ2) is 6.23. The Bertz CT molecular complexity index is 792. The van der Waals surface area contributed by atoms with Crippen molar-refractivity contribution in [3.05, 3.63) is 41.1 Å². The number of carbonyl (C=O) groups is 1. The molecule has 3 atom stereocenters. The van der Waals surface area contributed by atoms with Crippen molar-refractivity contribution in [2.75, 3.05) is 25.5 Å². The zero-order valence-corrected chi connectivity index (χ0v) is 17.8. The zero-order chi connectivity index (χ0) is 17.2. The average Bonchev–Trinajstić information content (AvgIpc) is 3.21. The van der Waals surface area contributed by atoms with Gasteiger partial charge in [0.2, 0.25) is 0 Å². The molecule has 3 heterocycles. The van der Waals surface area contributed by atoms with Crippen molar-refractivity contribution in [1.82, 2.24) is 4.90 Å². The fraction of sp³-hybridized carbons (Fsp3) is 0.571. The van der Waals surface area contributed by atoms with E-state index in [0.717, 1.165) is 37.1 Å². The van der Waals surface area contributed by atoms with Gasteiger partial charge < -0.3 is 10.1 Å². The van der Waals surface area contributed by atoms with Gasteiger partial charge in [-0.05, 0) is 62.2 Å². The number of benzene rings is 1. The summed E-state index contributed by atoms with van der Waals surface area (Å²) in [6.45, 7) is 4.63. The van der Waals surface area contributed by atoms with Crippen molar-refractivity contribution < 1.29 is 9.53 Å². The number of fused-ring (bicyclic) bond motifs is 1. The SMILES string of the molecule is CC[C@]12CCCN3CC[C@]4(C(=C(C(=O)OC)C1)Nc1ccccc14)[C@@H]32.I. The second-order valence-electron chi connectivity index (χ2n) is 8.17. The minimum Gasteiger partial charge on any atom is -0.466 e. The highest BCUT2D eigenvalue weighted by Crippen LogP contribution is 2.65. The van der Waals surface area contributed by atoms with Crippen molar-refractivity contribution in [2.24, 2.45) is 5.41 Å². The Morgan fingerprint density at radius 1 is 1.31 bits per heavy atom. The zero-order valence-electron chi connectivity index (χ0n) is 15.5. The molecule has 26 heavy (non-hydrogen) atoms. The van der Waals surface area contributed by atoms with Crippen LogP contribution in [-0.4, -0.2) is 37.1 Å². The van der Waals surface area contributed by atoms with E-state index in [9.17, 15) is 4.79 Å². The Balaban J connectivity index is 0.00000168. The number of methoxy groups -OCH3 is 1. The molecule has 1 aromatic carbocycles. The van der Waals surface area contributed by atoms with Gasteiger partial charge in [0.25, 0.3) is 0 Å². The standard InChI is InChI=1S/C21H26N2O2.HI/c1-3-20-9-6-11-23-12-10-21(19(20)23)15-7-4-5-8-16(15)22-17(21)14(13-20)18(24)25-2;/h4-5,7-8,19,22H,3,6,9-13H2,1-2H3;1H/t19-,20-,21-;/m0./s1. The van der Waals surface area contributed by atoms with Crippen LogP contribution in [0, 0.1) is 5.41 Å². The van der Waals surface area contributed by atoms with Gasteiger partial charge in [-0.25, -0.2) is 4.79 Å². The van der Waals surface area contributed by atoms with Crippen molar-refractivity contribution in [3.63, 3.8) is 0 Å². The van der Waals surface area contributed by atoms with Crippen LogP contribution >= 0.6 is 24.0 Å². The predicted molar refractivity (Wildman–Crippen MR) is 113 cm³/mol. The Morgan fingerprint density at radius 3 is 2.88 bits per heavy atom. The highest BCUT2D eigenvalue weighted by molar-refractivity contribution is 14.0. The van der Waals surface area contributed by atoms with Gasteiger partial charge in [-0.1, -0.05) is 25.1 Å². The van der Waals surface area contributed by atoms with E-state index in [1.807, 2.05) is 0 Å². The number of ether oxygens (including phenoxy) is 1. The number of piperidine rings is 1. The molecule has 1 aromatic rings. The van der Waals surface area contributed by atoms with Crippen LogP contribution in [0.3, 0.4) is 0 Å². The predicted octanol–water partition coefficient (Wildman–Crippen LogP) is 4.06. The maximum absolute atomic E-state index is 12.7. The Morgan fingerprint density at radius 2 is 2.12 bits per heavy atom. The molecule has 0 radical (unpaired) electrons. The van der Waals surface area contributed by atoms with E-state index in [2.05, 4.69) is 41.4 Å². The van der Waals surface area contributed by atoms with E-state index in [4.69, 9.17) is 4.74 Å². The summed E-state index contributed by atoms with van der Waals surface area (Å²) in [7, 11) is 1.51. The van der Waals surface area contributed by atoms with Crippen LogP contribution in [0.4, 0.5) is 5.69 Å². The fourth-order valence-corrected chi connectivity index (χ4v) is 6.49. The number of hydrogen-bond acceptors (Lipinski definition) is 4. The number of esters is 1. The minimum atomic E-state index is -0.148. The molecule has 3 aliphatic heterocycles. The first-order valence-electron chi connectivity index (χ1n) is 9.59. The summed E-state index contributed by atoms with van der Waals surface area (Å²) in [4.78, 5) is 15.4. The highest BCUT2D eigenvalue weighted by Gasteiger charge is 2.65. The molecule has 140 valence electrons. The van der Waals surface area contributed by atoms with Crippen molar-refractivity contribution in [2.45, 2.75) is 50.5 Å². The molecule has 0 amide bonds. The van der Waals surface area contributed by atoms with Gasteiger partial charge in [0.15, 0.2) is 0 Å². The molecule has 1 N–H and O–H groups in total. The molecule has 5 heteroatoms. The van der Waals surface area contributed by atoms with Crippen LogP contribution in [0.25, 0.3) is 0 Å². The quantitative estimate of drug-likeness (QED) is 0.528. The van der Waals surface area contributed by atoms with E-state index in [1.54, 1.807) is 0 Å². The number of anilines is 1. The Hall–Kier alpha value is -1.08. The molecule has 0 unspecified atom stereocenters. The van der Waals surface area contributed by atoms with Crippen molar-refractivity contribution in [3.8, 4) is 0 Å². The van der Waals surface area contributed by atoms with Crippen LogP contribution in [0.1, 0.15) is 44.6 Å². The number of nitrogens with one attached hydrogen (secondary N) is 1. The van der Waals surface area contributed by atoms with Gasteiger partial charge in [0.1, 0.15) is 0 Å². The largest absolute Gasteiger partial charge is 0.466 e. The lowest BCUT2D eigenvalue weighted by Gasteiger charge is -2.56. The molecular formula is C21H27IN2O2. The molecule has 1 spiro atoms. The number of carbonyl (C=O) groups excluding carboxylic acids is 1. The second-order valence-corrected chi connectivity index (χ2v) is 8.17. The first kappa shape index (κ1) is 18.3. The van der Waals surface area contributed by atoms with Crippen molar-refractivity contribution >= 4 is 35.6 Å². The van der Waals surface area contributed by atoms with Crippen LogP contribution in [0.15, 0.2) is 35.5 Å². The lowest BCUT2D eigenvalue weighted by molar-refractivity contribution is -0.137. The molecule has 0 aromatic heterocycles. The maximum atomic E-state index is 12.7. The van der Waals surface area contributed by atoms with Crippen LogP contribution in [-0.2, 0) is 14.9 Å². The van der Waals surface area contributed by atoms with Crippen LogP contribution in [0.2, 0.25) is 0 Å². The van der Waals surface area contributed by atoms with Gasteiger partial charge in [-0.15, -0.1) is 24.0 Å². The number of para-hydroxylation sites is 1. The van der Waals surface area contributed by atoms with E-state index < -0.39 is 0 Å². The smallest absolute Gasteiger partial charge is 0.335 e. The molecule has 4 nitrogen and oxygen atoms in total. The lowest BCUT2D eigenvalue weighted by Crippen LogP contribution is -2.59. The van der Waals surface area contributed by atoms with Gasteiger partial charge >= 0.3 is 5.97 Å². The minimum absolute atomic E-state index is 0. The first-order valence-corrected chi connectivity index (χ1v) is 9.59. The van der Waals surface area contributed by atoms with E-state index >= 15 is 0 Å². The van der Waals surface area contributed by atoms with Gasteiger partial charge in [-0.2, -0.15) is 0 Å². The molecule has 1 aliphatic carbocycles. The Kier molecular flexibility index (Phi) is 4.38. The number of hydrogen-bond donors (Lipinski definition) is 1. The molecule has 0 bridgehead atoms. The van der Waals surface area contributed by atoms with E-state index in [1.165, 1.54) is 37.7 Å². The third kappa shape index (κ3) is 2.07. The summed E-state index contributed by atoms with van der Waals surface area (Å²) in [5, 5.41) is 3.65.